The highest BCUT2D eigenvalue weighted by molar-refractivity contribution is 6.00. The predicted octanol–water partition coefficient (Wildman–Crippen LogP) is 2.28. The van der Waals surface area contributed by atoms with Crippen LogP contribution in [0.3, 0.4) is 0 Å². The lowest BCUT2D eigenvalue weighted by Gasteiger charge is -2.02. The minimum absolute atomic E-state index is 0.0796. The molecule has 3 rings (SSSR count). The lowest BCUT2D eigenvalue weighted by atomic mass is 10.2. The quantitative estimate of drug-likeness (QED) is 0.492. The molecule has 3 aromatic rings. The van der Waals surface area contributed by atoms with Gasteiger partial charge in [0.1, 0.15) is 6.54 Å². The van der Waals surface area contributed by atoms with Gasteiger partial charge in [-0.15, -0.1) is 0 Å². The number of para-hydroxylation sites is 2. The van der Waals surface area contributed by atoms with Crippen molar-refractivity contribution in [2.45, 2.75) is 6.54 Å². The topological polar surface area (TPSA) is 102 Å². The molecule has 0 atom stereocenters. The number of carbonyl (C=O) groups excluding carboxylic acids is 2. The average Bonchev–Trinajstić information content (AvgIpc) is 2.93. The fourth-order valence-corrected chi connectivity index (χ4v) is 2.52. The molecule has 0 saturated carbocycles. The molecule has 0 fully saturated rings. The molecule has 0 saturated heterocycles. The first-order chi connectivity index (χ1) is 12.1. The summed E-state index contributed by atoms with van der Waals surface area (Å²) in [5.41, 5.74) is 10.0. The number of aromatic nitrogens is 1. The molecular formula is C18H17N5O2. The zero-order chi connectivity index (χ0) is 17.6. The van der Waals surface area contributed by atoms with E-state index in [0.29, 0.717) is 5.69 Å². The van der Waals surface area contributed by atoms with E-state index in [1.807, 2.05) is 42.5 Å². The summed E-state index contributed by atoms with van der Waals surface area (Å²) in [4.78, 5) is 23.0. The minimum Gasteiger partial charge on any atom is -0.368 e. The summed E-state index contributed by atoms with van der Waals surface area (Å²) in [6, 6.07) is 16.2. The molecule has 0 aliphatic carbocycles. The van der Waals surface area contributed by atoms with Crippen LogP contribution in [-0.2, 0) is 11.3 Å². The summed E-state index contributed by atoms with van der Waals surface area (Å²) in [5.74, 6) is -0.426. The zero-order valence-corrected chi connectivity index (χ0v) is 13.3. The number of carbonyl (C=O) groups is 2. The summed E-state index contributed by atoms with van der Waals surface area (Å²) in [6.07, 6.45) is 3.31. The fourth-order valence-electron chi connectivity index (χ4n) is 2.52. The Balaban J connectivity index is 1.73. The van der Waals surface area contributed by atoms with Crippen molar-refractivity contribution >= 4 is 34.7 Å². The van der Waals surface area contributed by atoms with E-state index >= 15 is 0 Å². The van der Waals surface area contributed by atoms with Crippen LogP contribution in [0.4, 0.5) is 10.5 Å². The van der Waals surface area contributed by atoms with Crippen LogP contribution in [0.1, 0.15) is 5.56 Å². The summed E-state index contributed by atoms with van der Waals surface area (Å²) in [6.45, 7) is 0.0796. The van der Waals surface area contributed by atoms with E-state index in [4.69, 9.17) is 5.73 Å². The third-order valence-corrected chi connectivity index (χ3v) is 3.55. The molecule has 0 spiro atoms. The Hall–Kier alpha value is -3.61. The first kappa shape index (κ1) is 16.3. The van der Waals surface area contributed by atoms with Crippen LogP contribution in [0.2, 0.25) is 0 Å². The lowest BCUT2D eigenvalue weighted by Crippen LogP contribution is -2.24. The molecule has 7 heteroatoms. The van der Waals surface area contributed by atoms with Gasteiger partial charge in [0.2, 0.25) is 5.91 Å². The number of urea groups is 1. The predicted molar refractivity (Wildman–Crippen MR) is 97.3 cm³/mol. The Morgan fingerprint density at radius 1 is 1.08 bits per heavy atom. The molecule has 0 unspecified atom stereocenters. The van der Waals surface area contributed by atoms with Gasteiger partial charge in [-0.3, -0.25) is 4.79 Å². The van der Waals surface area contributed by atoms with Gasteiger partial charge in [0.05, 0.1) is 6.21 Å². The third-order valence-electron chi connectivity index (χ3n) is 3.55. The molecule has 126 valence electrons. The molecule has 7 nitrogen and oxygen atoms in total. The van der Waals surface area contributed by atoms with E-state index in [1.54, 1.807) is 22.9 Å². The Labute approximate surface area is 144 Å². The van der Waals surface area contributed by atoms with Crippen LogP contribution < -0.4 is 16.5 Å². The molecule has 0 aliphatic heterocycles. The summed E-state index contributed by atoms with van der Waals surface area (Å²) in [5, 5.41) is 7.54. The largest absolute Gasteiger partial charge is 0.368 e. The van der Waals surface area contributed by atoms with Crippen molar-refractivity contribution in [3.63, 3.8) is 0 Å². The molecule has 0 aliphatic rings. The van der Waals surface area contributed by atoms with Gasteiger partial charge in [-0.05, 0) is 18.2 Å². The second kappa shape index (κ2) is 7.31. The Bertz CT molecular complexity index is 931. The van der Waals surface area contributed by atoms with Gasteiger partial charge in [-0.2, -0.15) is 5.10 Å². The number of nitrogens with zero attached hydrogens (tertiary/aromatic N) is 2. The standard InChI is InChI=1S/C18H17N5O2/c19-17(24)12-23-11-13(15-8-4-5-9-16(15)23)10-20-22-18(25)21-14-6-2-1-3-7-14/h1-11H,12H2,(H2,19,24)(H2,21,22,25). The average molecular weight is 335 g/mol. The number of primary amides is 1. The van der Waals surface area contributed by atoms with Crippen molar-refractivity contribution in [2.75, 3.05) is 5.32 Å². The number of hydrogen-bond acceptors (Lipinski definition) is 3. The van der Waals surface area contributed by atoms with Crippen molar-refractivity contribution in [3.8, 4) is 0 Å². The number of benzene rings is 2. The first-order valence-corrected chi connectivity index (χ1v) is 7.65. The Morgan fingerprint density at radius 2 is 1.80 bits per heavy atom. The van der Waals surface area contributed by atoms with E-state index < -0.39 is 11.9 Å². The van der Waals surface area contributed by atoms with Crippen molar-refractivity contribution in [1.82, 2.24) is 9.99 Å². The highest BCUT2D eigenvalue weighted by Crippen LogP contribution is 2.19. The van der Waals surface area contributed by atoms with Crippen LogP contribution in [0, 0.1) is 0 Å². The van der Waals surface area contributed by atoms with E-state index in [1.165, 1.54) is 6.21 Å². The molecule has 2 aromatic carbocycles. The number of nitrogens with one attached hydrogen (secondary N) is 2. The van der Waals surface area contributed by atoms with E-state index in [2.05, 4.69) is 15.8 Å². The van der Waals surface area contributed by atoms with Crippen molar-refractivity contribution in [1.29, 1.82) is 0 Å². The van der Waals surface area contributed by atoms with Crippen molar-refractivity contribution < 1.29 is 9.59 Å². The number of hydrogen-bond donors (Lipinski definition) is 3. The molecule has 3 amide bonds. The maximum Gasteiger partial charge on any atom is 0.339 e. The van der Waals surface area contributed by atoms with Gasteiger partial charge in [0.25, 0.3) is 0 Å². The Kier molecular flexibility index (Phi) is 4.75. The molecule has 0 bridgehead atoms. The van der Waals surface area contributed by atoms with Gasteiger partial charge in [0, 0.05) is 28.4 Å². The van der Waals surface area contributed by atoms with Gasteiger partial charge in [-0.1, -0.05) is 36.4 Å². The molecular weight excluding hydrogens is 318 g/mol. The summed E-state index contributed by atoms with van der Waals surface area (Å²) >= 11 is 0. The van der Waals surface area contributed by atoms with Crippen LogP contribution in [0.15, 0.2) is 65.9 Å². The van der Waals surface area contributed by atoms with Crippen LogP contribution in [0.5, 0.6) is 0 Å². The maximum atomic E-state index is 11.8. The minimum atomic E-state index is -0.441. The van der Waals surface area contributed by atoms with Gasteiger partial charge in [-0.25, -0.2) is 10.2 Å². The SMILES string of the molecule is NC(=O)Cn1cc(C=NNC(=O)Nc2ccccc2)c2ccccc21. The normalized spacial score (nSPS) is 10.9. The molecule has 1 aromatic heterocycles. The smallest absolute Gasteiger partial charge is 0.339 e. The fraction of sp³-hybridized carbons (Fsp3) is 0.0556. The number of amides is 3. The number of nitrogens with two attached hydrogens (primary N) is 1. The molecule has 0 radical (unpaired) electrons. The van der Waals surface area contributed by atoms with Crippen molar-refractivity contribution in [2.24, 2.45) is 10.8 Å². The lowest BCUT2D eigenvalue weighted by molar-refractivity contribution is -0.118. The second-order valence-corrected chi connectivity index (χ2v) is 5.39. The third kappa shape index (κ3) is 4.03. The van der Waals surface area contributed by atoms with Gasteiger partial charge < -0.3 is 15.6 Å². The first-order valence-electron chi connectivity index (χ1n) is 7.65. The number of fused-ring (bicyclic) bond motifs is 1. The molecule has 25 heavy (non-hydrogen) atoms. The maximum absolute atomic E-state index is 11.8. The number of rotatable bonds is 5. The van der Waals surface area contributed by atoms with Gasteiger partial charge in [0.15, 0.2) is 0 Å². The van der Waals surface area contributed by atoms with E-state index in [0.717, 1.165) is 16.5 Å². The highest BCUT2D eigenvalue weighted by Gasteiger charge is 2.08. The van der Waals surface area contributed by atoms with Crippen LogP contribution in [-0.4, -0.2) is 22.7 Å². The monoisotopic (exact) mass is 335 g/mol. The van der Waals surface area contributed by atoms with Crippen molar-refractivity contribution in [3.05, 3.63) is 66.4 Å². The molecule has 1 heterocycles. The molecule has 4 N–H and O–H groups in total. The van der Waals surface area contributed by atoms with Gasteiger partial charge >= 0.3 is 6.03 Å². The van der Waals surface area contributed by atoms with E-state index in [9.17, 15) is 9.59 Å². The Morgan fingerprint density at radius 3 is 2.56 bits per heavy atom. The number of hydrazone groups is 1. The zero-order valence-electron chi connectivity index (χ0n) is 13.3. The van der Waals surface area contributed by atoms with Crippen LogP contribution in [0.25, 0.3) is 10.9 Å². The number of anilines is 1. The summed E-state index contributed by atoms with van der Waals surface area (Å²) in [7, 11) is 0. The van der Waals surface area contributed by atoms with Crippen LogP contribution >= 0.6 is 0 Å². The summed E-state index contributed by atoms with van der Waals surface area (Å²) < 4.78 is 1.75. The highest BCUT2D eigenvalue weighted by atomic mass is 16.2. The second-order valence-electron chi connectivity index (χ2n) is 5.39. The van der Waals surface area contributed by atoms with E-state index in [-0.39, 0.29) is 6.54 Å².